The van der Waals surface area contributed by atoms with Crippen molar-refractivity contribution < 1.29 is 9.15 Å². The number of fused-ring (bicyclic) bond motifs is 6. The van der Waals surface area contributed by atoms with Crippen LogP contribution in [0.25, 0.3) is 66.1 Å². The molecule has 0 radical (unpaired) electrons. The summed E-state index contributed by atoms with van der Waals surface area (Å²) in [6.07, 6.45) is 5.43. The number of rotatable bonds is 7. The molecule has 0 N–H and O–H groups in total. The summed E-state index contributed by atoms with van der Waals surface area (Å²) in [5.74, 6) is 4.40. The van der Waals surface area contributed by atoms with Gasteiger partial charge in [0, 0.05) is 22.1 Å². The maximum Gasteiger partial charge on any atom is 0.143 e. The van der Waals surface area contributed by atoms with Gasteiger partial charge in [0.15, 0.2) is 0 Å². The highest BCUT2D eigenvalue weighted by Crippen LogP contribution is 2.93. The van der Waals surface area contributed by atoms with E-state index in [9.17, 15) is 0 Å². The summed E-state index contributed by atoms with van der Waals surface area (Å²) in [7, 11) is 0. The normalized spacial score (nSPS) is 22.9. The van der Waals surface area contributed by atoms with E-state index in [1.54, 1.807) is 11.8 Å². The molecule has 2 heterocycles. The minimum Gasteiger partial charge on any atom is -0.456 e. The predicted octanol–water partition coefficient (Wildman–Crippen LogP) is 17.2. The van der Waals surface area contributed by atoms with Gasteiger partial charge in [0.1, 0.15) is 22.7 Å². The van der Waals surface area contributed by atoms with Gasteiger partial charge in [-0.25, -0.2) is 0 Å². The number of anilines is 3. The Morgan fingerprint density at radius 3 is 1.94 bits per heavy atom. The van der Waals surface area contributed by atoms with Gasteiger partial charge >= 0.3 is 0 Å². The lowest BCUT2D eigenvalue weighted by atomic mass is 9.12. The van der Waals surface area contributed by atoms with E-state index < -0.39 is 0 Å². The van der Waals surface area contributed by atoms with Crippen LogP contribution in [0.2, 0.25) is 0 Å². The molecule has 3 nitrogen and oxygen atoms in total. The Labute approximate surface area is 382 Å². The van der Waals surface area contributed by atoms with Crippen molar-refractivity contribution in [3.05, 3.63) is 200 Å². The first-order valence-electron chi connectivity index (χ1n) is 23.3. The Morgan fingerprint density at radius 1 is 0.492 bits per heavy atom. The highest BCUT2D eigenvalue weighted by Gasteiger charge is 2.88. The summed E-state index contributed by atoms with van der Waals surface area (Å²) in [6, 6.07) is 70.9. The van der Waals surface area contributed by atoms with Crippen LogP contribution in [-0.4, -0.2) is 0 Å². The second-order valence-corrected chi connectivity index (χ2v) is 20.3. The topological polar surface area (TPSA) is 25.6 Å². The lowest BCUT2D eigenvalue weighted by Gasteiger charge is -2.91. The highest BCUT2D eigenvalue weighted by molar-refractivity contribution is 7.99. The Morgan fingerprint density at radius 2 is 1.14 bits per heavy atom. The van der Waals surface area contributed by atoms with E-state index in [1.807, 2.05) is 6.07 Å². The van der Waals surface area contributed by atoms with Crippen LogP contribution in [0.3, 0.4) is 0 Å². The van der Waals surface area contributed by atoms with Crippen molar-refractivity contribution in [2.75, 3.05) is 4.90 Å². The van der Waals surface area contributed by atoms with Crippen LogP contribution in [0.1, 0.15) is 31.2 Å². The monoisotopic (exact) mass is 853 g/mol. The molecule has 1 aromatic heterocycles. The molecule has 0 amide bonds. The number of nitrogens with zero attached hydrogens (tertiary/aromatic N) is 1. The first-order valence-corrected chi connectivity index (χ1v) is 24.1. The molecular weight excluding hydrogens is 811 g/mol. The third-order valence-corrected chi connectivity index (χ3v) is 17.7. The summed E-state index contributed by atoms with van der Waals surface area (Å²) in [5.41, 5.74) is 14.7. The molecule has 4 heteroatoms. The Kier molecular flexibility index (Phi) is 7.42. The van der Waals surface area contributed by atoms with Gasteiger partial charge in [-0.15, -0.1) is 0 Å². The summed E-state index contributed by atoms with van der Waals surface area (Å²) < 4.78 is 13.9. The number of hydrogen-bond acceptors (Lipinski definition) is 4. The molecule has 5 aliphatic rings. The summed E-state index contributed by atoms with van der Waals surface area (Å²) in [4.78, 5) is 4.66. The quantitative estimate of drug-likeness (QED) is 0.159. The maximum atomic E-state index is 7.29. The Balaban J connectivity index is 0.943. The predicted molar refractivity (Wildman–Crippen MR) is 266 cm³/mol. The fraction of sp³-hybridized carbons (Fsp3) is 0.148. The van der Waals surface area contributed by atoms with E-state index in [1.165, 1.54) is 80.8 Å². The lowest BCUT2D eigenvalue weighted by Crippen LogP contribution is -2.87. The molecule has 310 valence electrons. The largest absolute Gasteiger partial charge is 0.456 e. The van der Waals surface area contributed by atoms with Crippen molar-refractivity contribution >= 4 is 61.5 Å². The van der Waals surface area contributed by atoms with Crippen LogP contribution in [-0.2, 0) is 5.41 Å². The van der Waals surface area contributed by atoms with Gasteiger partial charge in [-0.1, -0.05) is 139 Å². The zero-order chi connectivity index (χ0) is 42.4. The lowest BCUT2D eigenvalue weighted by molar-refractivity contribution is -0.395. The first kappa shape index (κ1) is 36.3. The average molecular weight is 854 g/mol. The number of hydrogen-bond donors (Lipinski definition) is 0. The molecule has 15 rings (SSSR count). The van der Waals surface area contributed by atoms with E-state index in [4.69, 9.17) is 9.15 Å². The second-order valence-electron chi connectivity index (χ2n) is 19.3. The summed E-state index contributed by atoms with van der Waals surface area (Å²) in [5, 5.41) is 4.83. The van der Waals surface area contributed by atoms with Gasteiger partial charge < -0.3 is 14.1 Å². The number of para-hydroxylation sites is 1. The van der Waals surface area contributed by atoms with Crippen LogP contribution in [0.5, 0.6) is 11.5 Å². The first-order chi connectivity index (χ1) is 32.1. The van der Waals surface area contributed by atoms with E-state index in [-0.39, 0.29) is 5.41 Å². The molecule has 9 aromatic carbocycles. The standard InChI is InChI=1S/C61H43NO2S/c1-2-10-37(11-3-1)39-20-22-41(23-21-39)44-31-49-57-51(14-8-17-54(57)64-58(49)50(32-44)60-35-46-33-45-34-47(36-60)61(45,46)60)62(52-15-9-18-55-59(52)65-56-19-7-6-16-53(56)63-55)48-28-26-40(27-29-48)43-25-24-38-12-4-5-13-42(38)30-43/h1-32,45-47H,33-36H2. The number of furan rings is 1. The van der Waals surface area contributed by atoms with E-state index in [2.05, 4.69) is 193 Å². The number of benzene rings is 9. The van der Waals surface area contributed by atoms with Crippen molar-refractivity contribution in [1.29, 1.82) is 0 Å². The zero-order valence-corrected chi connectivity index (χ0v) is 36.5. The van der Waals surface area contributed by atoms with Crippen LogP contribution >= 0.6 is 11.8 Å². The molecular formula is C61H43NO2S. The average Bonchev–Trinajstić information content (AvgIpc) is 3.72. The van der Waals surface area contributed by atoms with E-state index in [0.717, 1.165) is 72.7 Å². The molecule has 2 atom stereocenters. The van der Waals surface area contributed by atoms with Crippen molar-refractivity contribution in [1.82, 2.24) is 0 Å². The van der Waals surface area contributed by atoms with Crippen LogP contribution < -0.4 is 9.64 Å². The molecule has 2 unspecified atom stereocenters. The van der Waals surface area contributed by atoms with Gasteiger partial charge in [-0.3, -0.25) is 0 Å². The minimum absolute atomic E-state index is 0.202. The van der Waals surface area contributed by atoms with E-state index in [0.29, 0.717) is 5.41 Å². The molecule has 1 spiro atoms. The van der Waals surface area contributed by atoms with Gasteiger partial charge in [0.05, 0.1) is 26.6 Å². The summed E-state index contributed by atoms with van der Waals surface area (Å²) in [6.45, 7) is 0. The Bertz CT molecular complexity index is 3560. The third-order valence-electron chi connectivity index (χ3n) is 16.5. The van der Waals surface area contributed by atoms with Crippen molar-refractivity contribution in [3.63, 3.8) is 0 Å². The highest BCUT2D eigenvalue weighted by atomic mass is 32.2. The van der Waals surface area contributed by atoms with E-state index >= 15 is 0 Å². The SMILES string of the molecule is c1ccc(-c2ccc(-c3cc(C45CC6CC7CC(C4)C765)c4oc5cccc(N(c6ccc(-c7ccc8ccccc8c7)cc6)c6cccc7c6Sc6ccccc6O7)c5c4c3)cc2)cc1. The molecule has 1 aliphatic heterocycles. The molecule has 10 aromatic rings. The van der Waals surface area contributed by atoms with Gasteiger partial charge in [-0.05, 0) is 160 Å². The fourth-order valence-corrected chi connectivity index (χ4v) is 14.8. The van der Waals surface area contributed by atoms with Gasteiger partial charge in [-0.2, -0.15) is 0 Å². The van der Waals surface area contributed by atoms with Crippen LogP contribution in [0, 0.1) is 23.2 Å². The van der Waals surface area contributed by atoms with Crippen molar-refractivity contribution in [2.45, 2.75) is 40.9 Å². The van der Waals surface area contributed by atoms with Gasteiger partial charge in [0.25, 0.3) is 0 Å². The summed E-state index contributed by atoms with van der Waals surface area (Å²) >= 11 is 1.78. The second kappa shape index (κ2) is 13.3. The molecule has 4 aliphatic carbocycles. The molecule has 0 bridgehead atoms. The molecule has 4 fully saturated rings. The zero-order valence-electron chi connectivity index (χ0n) is 35.7. The van der Waals surface area contributed by atoms with Crippen molar-refractivity contribution in [3.8, 4) is 44.9 Å². The van der Waals surface area contributed by atoms with Crippen molar-refractivity contribution in [2.24, 2.45) is 23.2 Å². The smallest absolute Gasteiger partial charge is 0.143 e. The Hall–Kier alpha value is -7.01. The number of ether oxygens (including phenoxy) is 1. The minimum atomic E-state index is 0.202. The van der Waals surface area contributed by atoms with Crippen LogP contribution in [0.4, 0.5) is 17.1 Å². The van der Waals surface area contributed by atoms with Crippen LogP contribution in [0.15, 0.2) is 208 Å². The molecule has 65 heavy (non-hydrogen) atoms. The third kappa shape index (κ3) is 4.93. The van der Waals surface area contributed by atoms with Gasteiger partial charge in [0.2, 0.25) is 0 Å². The molecule has 4 saturated carbocycles. The fourth-order valence-electron chi connectivity index (χ4n) is 13.8. The molecule has 0 saturated heterocycles. The maximum absolute atomic E-state index is 7.29.